The van der Waals surface area contributed by atoms with Gasteiger partial charge in [-0.15, -0.1) is 11.6 Å². The number of halogens is 1. The molecule has 0 radical (unpaired) electrons. The van der Waals surface area contributed by atoms with Crippen molar-refractivity contribution in [2.45, 2.75) is 38.7 Å². The highest BCUT2D eigenvalue weighted by molar-refractivity contribution is 6.17. The average Bonchev–Trinajstić information content (AvgIpc) is 2.39. The van der Waals surface area contributed by atoms with Gasteiger partial charge in [-0.1, -0.05) is 0 Å². The number of rotatable bonds is 4. The van der Waals surface area contributed by atoms with E-state index in [4.69, 9.17) is 16.3 Å². The Labute approximate surface area is 113 Å². The van der Waals surface area contributed by atoms with Crippen molar-refractivity contribution < 1.29 is 4.74 Å². The van der Waals surface area contributed by atoms with Crippen molar-refractivity contribution in [3.8, 4) is 0 Å². The number of alkyl halides is 1. The minimum Gasteiger partial charge on any atom is -0.377 e. The SMILES string of the molecule is CCOC1CCCN(c2ncc(CCl)c(C)n2)C1. The van der Waals surface area contributed by atoms with E-state index in [2.05, 4.69) is 14.9 Å². The van der Waals surface area contributed by atoms with E-state index in [0.717, 1.165) is 49.7 Å². The van der Waals surface area contributed by atoms with Crippen LogP contribution >= 0.6 is 11.6 Å². The molecule has 1 aromatic heterocycles. The van der Waals surface area contributed by atoms with E-state index < -0.39 is 0 Å². The first-order chi connectivity index (χ1) is 8.74. The van der Waals surface area contributed by atoms with Crippen molar-refractivity contribution in [1.82, 2.24) is 9.97 Å². The van der Waals surface area contributed by atoms with Gasteiger partial charge < -0.3 is 9.64 Å². The number of anilines is 1. The Morgan fingerprint density at radius 3 is 3.06 bits per heavy atom. The van der Waals surface area contributed by atoms with E-state index in [9.17, 15) is 0 Å². The highest BCUT2D eigenvalue weighted by Crippen LogP contribution is 2.19. The van der Waals surface area contributed by atoms with Crippen molar-refractivity contribution >= 4 is 17.5 Å². The predicted molar refractivity (Wildman–Crippen MR) is 73.2 cm³/mol. The molecule has 2 heterocycles. The number of aryl methyl sites for hydroxylation is 1. The lowest BCUT2D eigenvalue weighted by Gasteiger charge is -2.32. The molecule has 2 rings (SSSR count). The maximum Gasteiger partial charge on any atom is 0.225 e. The zero-order valence-electron chi connectivity index (χ0n) is 11.0. The molecule has 5 heteroatoms. The van der Waals surface area contributed by atoms with Crippen LogP contribution in [0, 0.1) is 6.92 Å². The maximum absolute atomic E-state index is 5.82. The molecule has 0 N–H and O–H groups in total. The van der Waals surface area contributed by atoms with Gasteiger partial charge in [-0.3, -0.25) is 0 Å². The molecule has 1 atom stereocenters. The van der Waals surface area contributed by atoms with E-state index in [1.165, 1.54) is 0 Å². The van der Waals surface area contributed by atoms with Crippen molar-refractivity contribution in [3.05, 3.63) is 17.5 Å². The maximum atomic E-state index is 5.82. The zero-order chi connectivity index (χ0) is 13.0. The summed E-state index contributed by atoms with van der Waals surface area (Å²) in [6, 6.07) is 0. The quantitative estimate of drug-likeness (QED) is 0.788. The molecule has 0 spiro atoms. The van der Waals surface area contributed by atoms with Crippen LogP contribution in [0.1, 0.15) is 31.0 Å². The van der Waals surface area contributed by atoms with Crippen LogP contribution < -0.4 is 4.90 Å². The third-order valence-corrected chi connectivity index (χ3v) is 3.56. The molecular weight excluding hydrogens is 250 g/mol. The molecule has 1 fully saturated rings. The standard InChI is InChI=1S/C13H20ClN3O/c1-3-18-12-5-4-6-17(9-12)13-15-8-11(7-14)10(2)16-13/h8,12H,3-7,9H2,1-2H3. The molecule has 100 valence electrons. The van der Waals surface area contributed by atoms with Crippen LogP contribution in [0.4, 0.5) is 5.95 Å². The second-order valence-electron chi connectivity index (χ2n) is 4.58. The third-order valence-electron chi connectivity index (χ3n) is 3.28. The van der Waals surface area contributed by atoms with Crippen LogP contribution in [0.25, 0.3) is 0 Å². The molecule has 1 aliphatic rings. The largest absolute Gasteiger partial charge is 0.377 e. The van der Waals surface area contributed by atoms with Crippen LogP contribution in [-0.2, 0) is 10.6 Å². The molecule has 1 unspecified atom stereocenters. The Morgan fingerprint density at radius 2 is 2.39 bits per heavy atom. The number of hydrogen-bond acceptors (Lipinski definition) is 4. The molecule has 0 amide bonds. The molecule has 4 nitrogen and oxygen atoms in total. The first-order valence-corrected chi connectivity index (χ1v) is 7.03. The molecule has 1 aromatic rings. The van der Waals surface area contributed by atoms with Crippen LogP contribution in [0.2, 0.25) is 0 Å². The molecule has 0 aliphatic carbocycles. The smallest absolute Gasteiger partial charge is 0.225 e. The van der Waals surface area contributed by atoms with E-state index in [-0.39, 0.29) is 0 Å². The lowest BCUT2D eigenvalue weighted by atomic mass is 10.1. The molecule has 1 saturated heterocycles. The van der Waals surface area contributed by atoms with Crippen LogP contribution in [-0.4, -0.2) is 35.8 Å². The van der Waals surface area contributed by atoms with Gasteiger partial charge in [0, 0.05) is 37.2 Å². The topological polar surface area (TPSA) is 38.2 Å². The van der Waals surface area contributed by atoms with Gasteiger partial charge in [-0.05, 0) is 26.7 Å². The fourth-order valence-corrected chi connectivity index (χ4v) is 2.52. The summed E-state index contributed by atoms with van der Waals surface area (Å²) in [6.07, 6.45) is 4.39. The predicted octanol–water partition coefficient (Wildman–Crippen LogP) is 2.53. The molecule has 18 heavy (non-hydrogen) atoms. The molecular formula is C13H20ClN3O. The Balaban J connectivity index is 2.08. The fourth-order valence-electron chi connectivity index (χ4n) is 2.25. The first kappa shape index (κ1) is 13.6. The van der Waals surface area contributed by atoms with Crippen molar-refractivity contribution in [2.24, 2.45) is 0 Å². The number of hydrogen-bond donors (Lipinski definition) is 0. The summed E-state index contributed by atoms with van der Waals surface area (Å²) in [5.74, 6) is 1.26. The Hall–Kier alpha value is -0.870. The van der Waals surface area contributed by atoms with Gasteiger partial charge in [-0.25, -0.2) is 9.97 Å². The zero-order valence-corrected chi connectivity index (χ0v) is 11.8. The van der Waals surface area contributed by atoms with Gasteiger partial charge in [0.1, 0.15) is 0 Å². The molecule has 0 bridgehead atoms. The van der Waals surface area contributed by atoms with Crippen LogP contribution in [0.3, 0.4) is 0 Å². The summed E-state index contributed by atoms with van der Waals surface area (Å²) < 4.78 is 5.69. The molecule has 0 aromatic carbocycles. The van der Waals surface area contributed by atoms with Crippen LogP contribution in [0.5, 0.6) is 0 Å². The summed E-state index contributed by atoms with van der Waals surface area (Å²) in [5, 5.41) is 0. The Morgan fingerprint density at radius 1 is 1.56 bits per heavy atom. The van der Waals surface area contributed by atoms with Gasteiger partial charge in [-0.2, -0.15) is 0 Å². The van der Waals surface area contributed by atoms with E-state index in [0.29, 0.717) is 12.0 Å². The van der Waals surface area contributed by atoms with Crippen LogP contribution in [0.15, 0.2) is 6.20 Å². The summed E-state index contributed by atoms with van der Waals surface area (Å²) in [7, 11) is 0. The van der Waals surface area contributed by atoms with Gasteiger partial charge in [0.25, 0.3) is 0 Å². The van der Waals surface area contributed by atoms with Gasteiger partial charge in [0.15, 0.2) is 0 Å². The lowest BCUT2D eigenvalue weighted by Crippen LogP contribution is -2.40. The average molecular weight is 270 g/mol. The molecule has 0 saturated carbocycles. The Bertz CT molecular complexity index is 398. The van der Waals surface area contributed by atoms with E-state index in [1.807, 2.05) is 20.0 Å². The van der Waals surface area contributed by atoms with Gasteiger partial charge in [0.05, 0.1) is 12.0 Å². The lowest BCUT2D eigenvalue weighted by molar-refractivity contribution is 0.0523. The van der Waals surface area contributed by atoms with Gasteiger partial charge in [0.2, 0.25) is 5.95 Å². The normalized spacial score (nSPS) is 20.2. The summed E-state index contributed by atoms with van der Waals surface area (Å²) in [6.45, 7) is 6.67. The minimum atomic E-state index is 0.306. The third kappa shape index (κ3) is 3.12. The number of piperidine rings is 1. The van der Waals surface area contributed by atoms with E-state index in [1.54, 1.807) is 0 Å². The second-order valence-corrected chi connectivity index (χ2v) is 4.85. The highest BCUT2D eigenvalue weighted by atomic mass is 35.5. The van der Waals surface area contributed by atoms with Gasteiger partial charge >= 0.3 is 0 Å². The first-order valence-electron chi connectivity index (χ1n) is 6.49. The number of ether oxygens (including phenoxy) is 1. The van der Waals surface area contributed by atoms with E-state index >= 15 is 0 Å². The Kier molecular flexibility index (Phi) is 4.78. The van der Waals surface area contributed by atoms with Crippen molar-refractivity contribution in [2.75, 3.05) is 24.6 Å². The second kappa shape index (κ2) is 6.34. The highest BCUT2D eigenvalue weighted by Gasteiger charge is 2.22. The number of aromatic nitrogens is 2. The summed E-state index contributed by atoms with van der Waals surface area (Å²) in [5.41, 5.74) is 1.97. The molecule has 1 aliphatic heterocycles. The van der Waals surface area contributed by atoms with Crippen molar-refractivity contribution in [3.63, 3.8) is 0 Å². The minimum absolute atomic E-state index is 0.306. The summed E-state index contributed by atoms with van der Waals surface area (Å²) in [4.78, 5) is 11.1. The monoisotopic (exact) mass is 269 g/mol. The summed E-state index contributed by atoms with van der Waals surface area (Å²) >= 11 is 5.82. The van der Waals surface area contributed by atoms with Crippen molar-refractivity contribution in [1.29, 1.82) is 0 Å². The number of nitrogens with zero attached hydrogens (tertiary/aromatic N) is 3. The fraction of sp³-hybridized carbons (Fsp3) is 0.692.